The summed E-state index contributed by atoms with van der Waals surface area (Å²) in [5.41, 5.74) is 4.24. The van der Waals surface area contributed by atoms with E-state index in [-0.39, 0.29) is 12.4 Å². The number of fused-ring (bicyclic) bond motifs is 1. The van der Waals surface area contributed by atoms with Gasteiger partial charge in [0.05, 0.1) is 5.52 Å². The number of alkyl halides is 2. The van der Waals surface area contributed by atoms with Gasteiger partial charge in [-0.25, -0.2) is 0 Å². The molecule has 0 amide bonds. The first-order chi connectivity index (χ1) is 15.3. The Morgan fingerprint density at radius 2 is 1.41 bits per heavy atom. The fourth-order valence-electron chi connectivity index (χ4n) is 3.40. The van der Waals surface area contributed by atoms with Gasteiger partial charge >= 0.3 is 0 Å². The van der Waals surface area contributed by atoms with Crippen molar-refractivity contribution in [2.24, 2.45) is 0 Å². The highest BCUT2D eigenvalue weighted by atomic mass is 35.5. The highest BCUT2D eigenvalue weighted by Crippen LogP contribution is 2.31. The van der Waals surface area contributed by atoms with Crippen LogP contribution in [-0.4, -0.2) is 29.8 Å². The smallest absolute Gasteiger partial charge is 0.0722 e. The number of benzene rings is 3. The lowest BCUT2D eigenvalue weighted by Crippen LogP contribution is -2.27. The normalized spacial score (nSPS) is 10.6. The van der Waals surface area contributed by atoms with Crippen molar-refractivity contribution in [1.29, 1.82) is 0 Å². The predicted molar refractivity (Wildman–Crippen MR) is 143 cm³/mol. The molecule has 0 fully saturated rings. The quantitative estimate of drug-likeness (QED) is 0.235. The van der Waals surface area contributed by atoms with Crippen molar-refractivity contribution >= 4 is 75.3 Å². The largest absolute Gasteiger partial charge is 0.369 e. The first kappa shape index (κ1) is 24.5. The number of anilines is 3. The molecule has 0 bridgehead atoms. The van der Waals surface area contributed by atoms with Crippen LogP contribution in [0, 0.1) is 0 Å². The minimum absolute atomic E-state index is 0. The first-order valence-corrected chi connectivity index (χ1v) is 12.0. The molecular formula is C25H24Cl3N3S. The summed E-state index contributed by atoms with van der Waals surface area (Å²) in [4.78, 5) is 9.02. The van der Waals surface area contributed by atoms with E-state index in [9.17, 15) is 0 Å². The number of hydrogen-bond acceptors (Lipinski definition) is 4. The van der Waals surface area contributed by atoms with Crippen LogP contribution in [0.1, 0.15) is 0 Å². The highest BCUT2D eigenvalue weighted by molar-refractivity contribution is 7.99. The maximum Gasteiger partial charge on any atom is 0.0722 e. The summed E-state index contributed by atoms with van der Waals surface area (Å²) >= 11 is 13.6. The second kappa shape index (κ2) is 12.2. The number of nitrogens with zero attached hydrogens (tertiary/aromatic N) is 2. The molecule has 0 aliphatic carbocycles. The Kier molecular flexibility index (Phi) is 9.36. The molecule has 0 atom stereocenters. The van der Waals surface area contributed by atoms with Crippen molar-refractivity contribution in [3.05, 3.63) is 85.1 Å². The number of pyridine rings is 1. The van der Waals surface area contributed by atoms with E-state index in [0.29, 0.717) is 11.8 Å². The van der Waals surface area contributed by atoms with Gasteiger partial charge in [-0.15, -0.1) is 35.6 Å². The van der Waals surface area contributed by atoms with E-state index in [0.717, 1.165) is 41.1 Å². The van der Waals surface area contributed by atoms with Crippen LogP contribution >= 0.6 is 47.4 Å². The number of para-hydroxylation sites is 1. The van der Waals surface area contributed by atoms with Crippen LogP contribution in [0.25, 0.3) is 10.9 Å². The topological polar surface area (TPSA) is 28.2 Å². The van der Waals surface area contributed by atoms with Gasteiger partial charge in [-0.1, -0.05) is 30.0 Å². The van der Waals surface area contributed by atoms with Crippen LogP contribution in [0.15, 0.2) is 94.9 Å². The third-order valence-electron chi connectivity index (χ3n) is 4.93. The van der Waals surface area contributed by atoms with Crippen LogP contribution in [0.4, 0.5) is 17.1 Å². The molecule has 0 aliphatic heterocycles. The Bertz CT molecular complexity index is 1110. The van der Waals surface area contributed by atoms with Gasteiger partial charge in [0.25, 0.3) is 0 Å². The lowest BCUT2D eigenvalue weighted by Gasteiger charge is -2.23. The van der Waals surface area contributed by atoms with E-state index in [4.69, 9.17) is 23.2 Å². The number of aromatic nitrogens is 1. The van der Waals surface area contributed by atoms with Crippen LogP contribution in [0.5, 0.6) is 0 Å². The minimum atomic E-state index is 0. The summed E-state index contributed by atoms with van der Waals surface area (Å²) in [6, 6.07) is 27.2. The third kappa shape index (κ3) is 6.23. The van der Waals surface area contributed by atoms with Crippen LogP contribution in [0.3, 0.4) is 0 Å². The zero-order chi connectivity index (χ0) is 21.5. The molecule has 0 radical (unpaired) electrons. The second-order valence-corrected chi connectivity index (χ2v) is 8.89. The molecule has 32 heavy (non-hydrogen) atoms. The predicted octanol–water partition coefficient (Wildman–Crippen LogP) is 7.84. The molecule has 7 heteroatoms. The molecule has 0 unspecified atom stereocenters. The molecule has 166 valence electrons. The molecule has 3 aromatic carbocycles. The Hall–Kier alpha value is -2.11. The SMILES string of the molecule is Cl.ClCCN(CCCl)c1ccc(Sc2ccc(Nc3ccnc4ccccc34)cc2)cc1. The van der Waals surface area contributed by atoms with Gasteiger partial charge in [-0.05, 0) is 60.7 Å². The molecule has 4 aromatic rings. The maximum atomic E-state index is 5.92. The van der Waals surface area contributed by atoms with Gasteiger partial charge in [-0.3, -0.25) is 4.98 Å². The summed E-state index contributed by atoms with van der Waals surface area (Å²) in [6.45, 7) is 1.59. The number of rotatable bonds is 9. The van der Waals surface area contributed by atoms with E-state index in [2.05, 4.69) is 69.8 Å². The van der Waals surface area contributed by atoms with E-state index < -0.39 is 0 Å². The van der Waals surface area contributed by atoms with E-state index >= 15 is 0 Å². The average Bonchev–Trinajstić information content (AvgIpc) is 2.81. The number of hydrogen-bond donors (Lipinski definition) is 1. The van der Waals surface area contributed by atoms with Crippen LogP contribution < -0.4 is 10.2 Å². The van der Waals surface area contributed by atoms with E-state index in [1.807, 2.05) is 30.5 Å². The molecular weight excluding hydrogens is 481 g/mol. The van der Waals surface area contributed by atoms with Crippen LogP contribution in [-0.2, 0) is 0 Å². The molecule has 4 rings (SSSR count). The minimum Gasteiger partial charge on any atom is -0.369 e. The van der Waals surface area contributed by atoms with Gasteiger partial charge in [0, 0.05) is 63.3 Å². The van der Waals surface area contributed by atoms with Gasteiger partial charge < -0.3 is 10.2 Å². The Morgan fingerprint density at radius 1 is 0.781 bits per heavy atom. The maximum absolute atomic E-state index is 5.92. The van der Waals surface area contributed by atoms with Crippen molar-refractivity contribution in [2.45, 2.75) is 9.79 Å². The molecule has 0 spiro atoms. The standard InChI is InChI=1S/C25H23Cl2N3S.ClH/c26-14-17-30(18-15-27)20-7-11-22(12-8-20)31-21-9-5-19(6-10-21)29-25-13-16-28-24-4-2-1-3-23(24)25;/h1-13,16H,14-15,17-18H2,(H,28,29);1H. The van der Waals surface area contributed by atoms with Crippen LogP contribution in [0.2, 0.25) is 0 Å². The van der Waals surface area contributed by atoms with Gasteiger partial charge in [-0.2, -0.15) is 0 Å². The average molecular weight is 505 g/mol. The summed E-state index contributed by atoms with van der Waals surface area (Å²) in [7, 11) is 0. The highest BCUT2D eigenvalue weighted by Gasteiger charge is 2.06. The summed E-state index contributed by atoms with van der Waals surface area (Å²) in [6.07, 6.45) is 1.83. The summed E-state index contributed by atoms with van der Waals surface area (Å²) < 4.78 is 0. The third-order valence-corrected chi connectivity index (χ3v) is 6.28. The number of halogens is 3. The molecule has 1 N–H and O–H groups in total. The molecule has 0 saturated carbocycles. The Morgan fingerprint density at radius 3 is 2.06 bits per heavy atom. The van der Waals surface area contributed by atoms with Gasteiger partial charge in [0.2, 0.25) is 0 Å². The fraction of sp³-hybridized carbons (Fsp3) is 0.160. The first-order valence-electron chi connectivity index (χ1n) is 10.1. The molecule has 0 aliphatic rings. The van der Waals surface area contributed by atoms with E-state index in [1.165, 1.54) is 9.79 Å². The van der Waals surface area contributed by atoms with Crippen molar-refractivity contribution in [1.82, 2.24) is 4.98 Å². The van der Waals surface area contributed by atoms with Gasteiger partial charge in [0.1, 0.15) is 0 Å². The monoisotopic (exact) mass is 503 g/mol. The van der Waals surface area contributed by atoms with Gasteiger partial charge in [0.15, 0.2) is 0 Å². The van der Waals surface area contributed by atoms with Crippen molar-refractivity contribution < 1.29 is 0 Å². The zero-order valence-corrected chi connectivity index (χ0v) is 20.5. The van der Waals surface area contributed by atoms with Crippen molar-refractivity contribution in [3.63, 3.8) is 0 Å². The second-order valence-electron chi connectivity index (χ2n) is 6.99. The Balaban J connectivity index is 0.00000289. The molecule has 1 heterocycles. The van der Waals surface area contributed by atoms with Crippen molar-refractivity contribution in [2.75, 3.05) is 35.1 Å². The summed E-state index contributed by atoms with van der Waals surface area (Å²) in [5.74, 6) is 1.17. The Labute approximate surface area is 209 Å². The van der Waals surface area contributed by atoms with E-state index in [1.54, 1.807) is 11.8 Å². The lowest BCUT2D eigenvalue weighted by atomic mass is 10.2. The zero-order valence-electron chi connectivity index (χ0n) is 17.4. The molecule has 0 saturated heterocycles. The molecule has 3 nitrogen and oxygen atoms in total. The molecule has 1 aromatic heterocycles. The van der Waals surface area contributed by atoms with Crippen molar-refractivity contribution in [3.8, 4) is 0 Å². The summed E-state index contributed by atoms with van der Waals surface area (Å²) in [5, 5.41) is 4.62. The number of nitrogens with one attached hydrogen (secondary N) is 1. The fourth-order valence-corrected chi connectivity index (χ4v) is 4.63. The lowest BCUT2D eigenvalue weighted by molar-refractivity contribution is 0.873.